The van der Waals surface area contributed by atoms with Crippen molar-refractivity contribution in [2.24, 2.45) is 11.5 Å². The molecule has 0 aromatic carbocycles. The molecule has 0 bridgehead atoms. The summed E-state index contributed by atoms with van der Waals surface area (Å²) in [5, 5.41) is 20.6. The van der Waals surface area contributed by atoms with Crippen LogP contribution in [-0.4, -0.2) is 47.9 Å². The number of carboxylic acids is 2. The fraction of sp³-hybridized carbons (Fsp3) is 0.833. The molecule has 0 saturated carbocycles. The number of esters is 4. The van der Waals surface area contributed by atoms with Crippen LogP contribution < -0.4 is 124 Å². The third-order valence-electron chi connectivity index (χ3n) is 7.78. The van der Waals surface area contributed by atoms with Crippen LogP contribution in [0.3, 0.4) is 0 Å². The molecule has 0 spiro atoms. The molecular weight excluding hydrogens is 699 g/mol. The van der Waals surface area contributed by atoms with Crippen molar-refractivity contribution in [2.75, 3.05) is 0 Å². The van der Waals surface area contributed by atoms with Crippen LogP contribution >= 0.6 is 0 Å². The zero-order chi connectivity index (χ0) is 36.4. The smallest absolute Gasteiger partial charge is 0.550 e. The van der Waals surface area contributed by atoms with E-state index in [-0.39, 0.29) is 116 Å². The third kappa shape index (κ3) is 42.8. The molecule has 0 saturated heterocycles. The second kappa shape index (κ2) is 42.2. The van der Waals surface area contributed by atoms with Crippen molar-refractivity contribution in [1.82, 2.24) is 0 Å². The van der Waals surface area contributed by atoms with Crippen LogP contribution in [0.2, 0.25) is 0 Å². The number of carboxylic acid groups (broad SMARTS) is 2. The van der Waals surface area contributed by atoms with Crippen molar-refractivity contribution in [3.8, 4) is 0 Å². The van der Waals surface area contributed by atoms with E-state index in [4.69, 9.17) is 11.5 Å². The van der Waals surface area contributed by atoms with E-state index in [9.17, 15) is 39.0 Å². The van der Waals surface area contributed by atoms with Gasteiger partial charge >= 0.3 is 127 Å². The van der Waals surface area contributed by atoms with Gasteiger partial charge in [-0.1, -0.05) is 142 Å². The van der Waals surface area contributed by atoms with Crippen molar-refractivity contribution in [3.63, 3.8) is 0 Å². The van der Waals surface area contributed by atoms with Gasteiger partial charge in [-0.15, -0.1) is 0 Å². The summed E-state index contributed by atoms with van der Waals surface area (Å²) in [5.74, 6) is -6.21. The van der Waals surface area contributed by atoms with E-state index in [1.807, 2.05) is 0 Å². The molecule has 0 unspecified atom stereocenters. The average Bonchev–Trinajstić information content (AvgIpc) is 3.02. The van der Waals surface area contributed by atoms with Crippen molar-refractivity contribution in [2.45, 2.75) is 193 Å². The fourth-order valence-electron chi connectivity index (χ4n) is 4.87. The van der Waals surface area contributed by atoms with Crippen LogP contribution in [0, 0.1) is 0 Å². The number of ether oxygens (including phenoxy) is 2. The molecule has 14 heteroatoms. The Morgan fingerprint density at radius 3 is 0.880 bits per heavy atom. The van der Waals surface area contributed by atoms with Gasteiger partial charge in [0.2, 0.25) is 0 Å². The largest absolute Gasteiger partial charge is 1.00 e. The maximum atomic E-state index is 11.4. The molecule has 0 aliphatic carbocycles. The Morgan fingerprint density at radius 2 is 0.660 bits per heavy atom. The SMILES string of the molecule is CCCCCCCCCCCCCC(=O)OC(=O)[C@@H](N)CC(=O)[O-].CCCCCCCCCCCCCC(=O)OC(=O)[C@@H](N)CC(=O)[O-].[K+].[K+]. The molecule has 0 aliphatic heterocycles. The monoisotopic (exact) mass is 762 g/mol. The molecule has 0 heterocycles. The minimum absolute atomic E-state index is 0. The summed E-state index contributed by atoms with van der Waals surface area (Å²) in [7, 11) is 0. The minimum Gasteiger partial charge on any atom is -0.550 e. The van der Waals surface area contributed by atoms with Gasteiger partial charge in [-0.3, -0.25) is 9.59 Å². The molecule has 0 fully saturated rings. The maximum absolute atomic E-state index is 11.4. The molecule has 4 N–H and O–H groups in total. The van der Waals surface area contributed by atoms with Crippen LogP contribution in [0.5, 0.6) is 0 Å². The normalized spacial score (nSPS) is 11.4. The third-order valence-corrected chi connectivity index (χ3v) is 7.78. The number of carbonyl (C=O) groups is 6. The molecular formula is C36H64K2N2O10. The Morgan fingerprint density at radius 1 is 0.440 bits per heavy atom. The van der Waals surface area contributed by atoms with Gasteiger partial charge in [-0.2, -0.15) is 0 Å². The van der Waals surface area contributed by atoms with Crippen LogP contribution in [0.15, 0.2) is 0 Å². The summed E-state index contributed by atoms with van der Waals surface area (Å²) < 4.78 is 9.02. The van der Waals surface area contributed by atoms with Gasteiger partial charge in [-0.25, -0.2) is 9.59 Å². The number of unbranched alkanes of at least 4 members (excludes halogenated alkanes) is 20. The molecule has 0 aromatic rings. The number of hydrogen-bond donors (Lipinski definition) is 2. The summed E-state index contributed by atoms with van der Waals surface area (Å²) >= 11 is 0. The topological polar surface area (TPSA) is 219 Å². The van der Waals surface area contributed by atoms with E-state index < -0.39 is 60.7 Å². The fourth-order valence-corrected chi connectivity index (χ4v) is 4.87. The summed E-state index contributed by atoms with van der Waals surface area (Å²) in [6.45, 7) is 4.43. The first-order chi connectivity index (χ1) is 22.9. The van der Waals surface area contributed by atoms with E-state index >= 15 is 0 Å². The van der Waals surface area contributed by atoms with Crippen LogP contribution in [0.4, 0.5) is 0 Å². The molecule has 2 atom stereocenters. The first-order valence-corrected chi connectivity index (χ1v) is 18.3. The Balaban J connectivity index is -0.000000407. The van der Waals surface area contributed by atoms with Gasteiger partial charge < -0.3 is 40.7 Å². The maximum Gasteiger partial charge on any atom is 1.00 e. The predicted molar refractivity (Wildman–Crippen MR) is 180 cm³/mol. The van der Waals surface area contributed by atoms with Gasteiger partial charge in [0.15, 0.2) is 0 Å². The molecule has 50 heavy (non-hydrogen) atoms. The summed E-state index contributed by atoms with van der Waals surface area (Å²) in [6, 6.07) is -2.70. The van der Waals surface area contributed by atoms with Gasteiger partial charge in [0.1, 0.15) is 12.1 Å². The number of nitrogens with two attached hydrogens (primary N) is 2. The Labute approximate surface area is 386 Å². The van der Waals surface area contributed by atoms with Crippen molar-refractivity contribution in [1.29, 1.82) is 0 Å². The molecule has 280 valence electrons. The number of carbonyl (C=O) groups excluding carboxylic acids is 6. The van der Waals surface area contributed by atoms with E-state index in [1.54, 1.807) is 0 Å². The molecule has 0 radical (unpaired) electrons. The quantitative estimate of drug-likeness (QED) is 0.0368. The number of rotatable bonds is 30. The van der Waals surface area contributed by atoms with E-state index in [2.05, 4.69) is 23.3 Å². The minimum atomic E-state index is -1.45. The average molecular weight is 763 g/mol. The molecule has 0 amide bonds. The summed E-state index contributed by atoms with van der Waals surface area (Å²) in [5.41, 5.74) is 10.6. The van der Waals surface area contributed by atoms with Crippen molar-refractivity contribution < 1.29 is 151 Å². The predicted octanol–water partition coefficient (Wildman–Crippen LogP) is -1.54. The van der Waals surface area contributed by atoms with Crippen LogP contribution in [0.1, 0.15) is 181 Å². The summed E-state index contributed by atoms with van der Waals surface area (Å²) in [6.07, 6.45) is 24.8. The zero-order valence-corrected chi connectivity index (χ0v) is 38.0. The summed E-state index contributed by atoms with van der Waals surface area (Å²) in [4.78, 5) is 66.1. The van der Waals surface area contributed by atoms with Crippen LogP contribution in [0.25, 0.3) is 0 Å². The van der Waals surface area contributed by atoms with Crippen molar-refractivity contribution >= 4 is 35.8 Å². The molecule has 0 aliphatic rings. The molecule has 0 rings (SSSR count). The standard InChI is InChI=1S/2C18H33NO5.2K/c2*1-2-3-4-5-6-7-8-9-10-11-12-13-17(22)24-18(23)15(19)14-16(20)21;;/h2*15H,2-14,19H2,1H3,(H,20,21);;/q;;2*+1/p-2/t2*15-;;/m00../s1. The van der Waals surface area contributed by atoms with E-state index in [0.29, 0.717) is 12.8 Å². The van der Waals surface area contributed by atoms with Gasteiger partial charge in [0.25, 0.3) is 0 Å². The Hall–Kier alpha value is 0.413. The van der Waals surface area contributed by atoms with Crippen molar-refractivity contribution in [3.05, 3.63) is 0 Å². The van der Waals surface area contributed by atoms with E-state index in [1.165, 1.54) is 89.9 Å². The first kappa shape index (κ1) is 57.1. The van der Waals surface area contributed by atoms with Gasteiger partial charge in [0.05, 0.1) is 0 Å². The second-order valence-corrected chi connectivity index (χ2v) is 12.5. The Bertz CT molecular complexity index is 823. The molecule has 0 aromatic heterocycles. The van der Waals surface area contributed by atoms with E-state index in [0.717, 1.165) is 38.5 Å². The first-order valence-electron chi connectivity index (χ1n) is 18.3. The Kier molecular flexibility index (Phi) is 48.2. The second-order valence-electron chi connectivity index (χ2n) is 12.5. The van der Waals surface area contributed by atoms with Gasteiger partial charge in [-0.05, 0) is 12.8 Å². The zero-order valence-electron chi connectivity index (χ0n) is 31.8. The number of aliphatic carboxylic acids is 2. The van der Waals surface area contributed by atoms with Crippen LogP contribution in [-0.2, 0) is 38.2 Å². The number of hydrogen-bond acceptors (Lipinski definition) is 12. The van der Waals surface area contributed by atoms with Gasteiger partial charge in [0, 0.05) is 37.6 Å². The molecule has 12 nitrogen and oxygen atoms in total.